The molecule has 4 aromatic carbocycles. The molecule has 0 bridgehead atoms. The molecule has 1 fully saturated rings. The van der Waals surface area contributed by atoms with Crippen LogP contribution in [0.4, 0.5) is 11.4 Å². The van der Waals surface area contributed by atoms with Gasteiger partial charge in [-0.2, -0.15) is 0 Å². The fourth-order valence-corrected chi connectivity index (χ4v) is 9.64. The Hall–Kier alpha value is -3.03. The highest BCUT2D eigenvalue weighted by Crippen LogP contribution is 2.52. The Kier molecular flexibility index (Phi) is 9.72. The van der Waals surface area contributed by atoms with Crippen LogP contribution in [0.25, 0.3) is 6.08 Å². The molecule has 0 radical (unpaired) electrons. The van der Waals surface area contributed by atoms with E-state index in [0.717, 1.165) is 24.6 Å². The fraction of sp³-hybridized carbons (Fsp3) is 0.263. The van der Waals surface area contributed by atoms with E-state index in [1.54, 1.807) is 0 Å². The van der Waals surface area contributed by atoms with Crippen LogP contribution in [0, 0.1) is 41.5 Å². The molecule has 0 N–H and O–H groups in total. The molecule has 0 saturated carbocycles. The molecule has 1 unspecified atom stereocenters. The van der Waals surface area contributed by atoms with E-state index in [0.29, 0.717) is 10.0 Å². The summed E-state index contributed by atoms with van der Waals surface area (Å²) in [7, 11) is -0.853. The quantitative estimate of drug-likeness (QED) is 0.188. The van der Waals surface area contributed by atoms with Crippen molar-refractivity contribution < 1.29 is 0 Å². The minimum Gasteiger partial charge on any atom is -0.325 e. The normalized spacial score (nSPS) is 14.2. The standard InChI is InChI=1S/C38H41Cl2N2P/c1-8-43(33-16-12-15-32(39)35(33)40)34(18-17-31-13-10-9-11-14-31)38-41(36-27(4)21-25(2)22-28(36)5)19-20-42(38)37-29(6)23-26(3)24-30(37)7/h9-18,21-24H,8,19-20H2,1-7H3. The molecule has 1 saturated heterocycles. The molecular formula is C38H41Cl2N2P. The summed E-state index contributed by atoms with van der Waals surface area (Å²) in [4.78, 5) is 5.13. The van der Waals surface area contributed by atoms with Crippen molar-refractivity contribution in [3.8, 4) is 0 Å². The van der Waals surface area contributed by atoms with Gasteiger partial charge >= 0.3 is 0 Å². The molecule has 5 heteroatoms. The van der Waals surface area contributed by atoms with Gasteiger partial charge in [-0.15, -0.1) is 0 Å². The highest BCUT2D eigenvalue weighted by atomic mass is 35.5. The Morgan fingerprint density at radius 2 is 1.23 bits per heavy atom. The Labute approximate surface area is 269 Å². The number of hydrogen-bond acceptors (Lipinski definition) is 2. The van der Waals surface area contributed by atoms with Crippen molar-refractivity contribution in [3.63, 3.8) is 0 Å². The first-order chi connectivity index (χ1) is 20.6. The summed E-state index contributed by atoms with van der Waals surface area (Å²) in [5.74, 6) is 1.24. The average molecular weight is 628 g/mol. The molecule has 0 aliphatic carbocycles. The predicted octanol–water partition coefficient (Wildman–Crippen LogP) is 10.9. The first-order valence-corrected chi connectivity index (χ1v) is 17.3. The van der Waals surface area contributed by atoms with Crippen LogP contribution in [0.15, 0.2) is 90.0 Å². The summed E-state index contributed by atoms with van der Waals surface area (Å²) in [6.07, 6.45) is 5.54. The zero-order valence-electron chi connectivity index (χ0n) is 26.3. The third-order valence-electron chi connectivity index (χ3n) is 8.16. The molecular weight excluding hydrogens is 586 g/mol. The topological polar surface area (TPSA) is 6.48 Å². The summed E-state index contributed by atoms with van der Waals surface area (Å²) in [5.41, 5.74) is 11.5. The van der Waals surface area contributed by atoms with Crippen molar-refractivity contribution >= 4 is 53.9 Å². The second-order valence-electron chi connectivity index (χ2n) is 11.6. The van der Waals surface area contributed by atoms with Crippen LogP contribution >= 0.6 is 31.1 Å². The average Bonchev–Trinajstić information content (AvgIpc) is 3.36. The van der Waals surface area contributed by atoms with Gasteiger partial charge in [0.2, 0.25) is 0 Å². The van der Waals surface area contributed by atoms with Gasteiger partial charge < -0.3 is 9.80 Å². The lowest BCUT2D eigenvalue weighted by Gasteiger charge is -2.34. The third-order valence-corrected chi connectivity index (χ3v) is 11.6. The number of aryl methyl sites for hydroxylation is 6. The number of nitrogens with zero attached hydrogens (tertiary/aromatic N) is 2. The van der Waals surface area contributed by atoms with Gasteiger partial charge in [-0.3, -0.25) is 0 Å². The van der Waals surface area contributed by atoms with E-state index < -0.39 is 7.92 Å². The number of allylic oxidation sites excluding steroid dienone is 2. The first-order valence-electron chi connectivity index (χ1n) is 15.0. The molecule has 0 amide bonds. The monoisotopic (exact) mass is 626 g/mol. The lowest BCUT2D eigenvalue weighted by molar-refractivity contribution is 1.01. The molecule has 1 atom stereocenters. The van der Waals surface area contributed by atoms with Crippen LogP contribution in [0.1, 0.15) is 45.9 Å². The minimum absolute atomic E-state index is 0.604. The molecule has 0 aromatic heterocycles. The van der Waals surface area contributed by atoms with E-state index in [-0.39, 0.29) is 0 Å². The Balaban J connectivity index is 1.86. The van der Waals surface area contributed by atoms with Crippen LogP contribution in [0.5, 0.6) is 0 Å². The van der Waals surface area contributed by atoms with E-state index in [9.17, 15) is 0 Å². The molecule has 43 heavy (non-hydrogen) atoms. The van der Waals surface area contributed by atoms with E-state index in [2.05, 4.69) is 131 Å². The largest absolute Gasteiger partial charge is 0.325 e. The zero-order valence-corrected chi connectivity index (χ0v) is 28.7. The van der Waals surface area contributed by atoms with Crippen molar-refractivity contribution in [3.05, 3.63) is 139 Å². The van der Waals surface area contributed by atoms with Crippen LogP contribution in [0.3, 0.4) is 0 Å². The zero-order chi connectivity index (χ0) is 30.8. The van der Waals surface area contributed by atoms with E-state index >= 15 is 0 Å². The second-order valence-corrected chi connectivity index (χ2v) is 14.8. The maximum absolute atomic E-state index is 6.99. The number of halogens is 2. The van der Waals surface area contributed by atoms with Gasteiger partial charge in [0.15, 0.2) is 0 Å². The number of anilines is 2. The molecule has 4 aromatic rings. The van der Waals surface area contributed by atoms with E-state index in [1.807, 2.05) is 12.1 Å². The fourth-order valence-electron chi connectivity index (χ4n) is 6.66. The number of rotatable bonds is 7. The molecule has 0 spiro atoms. The molecule has 1 aliphatic heterocycles. The lowest BCUT2D eigenvalue weighted by Crippen LogP contribution is -2.27. The highest BCUT2D eigenvalue weighted by Gasteiger charge is 2.35. The predicted molar refractivity (Wildman–Crippen MR) is 192 cm³/mol. The van der Waals surface area contributed by atoms with Gasteiger partial charge in [0.05, 0.1) is 10.0 Å². The maximum atomic E-state index is 6.99. The lowest BCUT2D eigenvalue weighted by atomic mass is 10.0. The Morgan fingerprint density at radius 1 is 0.721 bits per heavy atom. The first kappa shape index (κ1) is 31.4. The van der Waals surface area contributed by atoms with Crippen LogP contribution in [0.2, 0.25) is 10.0 Å². The smallest absolute Gasteiger partial charge is 0.121 e. The van der Waals surface area contributed by atoms with Gasteiger partial charge in [-0.1, -0.05) is 114 Å². The van der Waals surface area contributed by atoms with Gasteiger partial charge in [-0.05, 0) is 95.6 Å². The van der Waals surface area contributed by atoms with Gasteiger partial charge in [0.25, 0.3) is 0 Å². The highest BCUT2D eigenvalue weighted by molar-refractivity contribution is 7.70. The Bertz CT molecular complexity index is 1590. The van der Waals surface area contributed by atoms with Crippen molar-refractivity contribution in [2.24, 2.45) is 0 Å². The van der Waals surface area contributed by atoms with Crippen molar-refractivity contribution in [2.75, 3.05) is 29.1 Å². The maximum Gasteiger partial charge on any atom is 0.121 e. The van der Waals surface area contributed by atoms with Crippen LogP contribution in [-0.2, 0) is 0 Å². The van der Waals surface area contributed by atoms with Crippen molar-refractivity contribution in [1.29, 1.82) is 0 Å². The molecule has 1 aliphatic rings. The van der Waals surface area contributed by atoms with Gasteiger partial charge in [0, 0.05) is 35.1 Å². The number of hydrogen-bond donors (Lipinski definition) is 0. The summed E-state index contributed by atoms with van der Waals surface area (Å²) >= 11 is 13.6. The summed E-state index contributed by atoms with van der Waals surface area (Å²) in [5, 5.41) is 3.67. The Morgan fingerprint density at radius 3 is 1.72 bits per heavy atom. The molecule has 5 rings (SSSR count). The minimum atomic E-state index is -0.853. The SMILES string of the molecule is CCP(C(C=Cc1ccccc1)=C1N(c2c(C)cc(C)cc2C)CCN1c1c(C)cc(C)cc1C)c1cccc(Cl)c1Cl. The van der Waals surface area contributed by atoms with Crippen LogP contribution < -0.4 is 15.1 Å². The summed E-state index contributed by atoms with van der Waals surface area (Å²) < 4.78 is 0. The van der Waals surface area contributed by atoms with Crippen molar-refractivity contribution in [1.82, 2.24) is 0 Å². The van der Waals surface area contributed by atoms with Crippen molar-refractivity contribution in [2.45, 2.75) is 48.5 Å². The van der Waals surface area contributed by atoms with Gasteiger partial charge in [-0.25, -0.2) is 0 Å². The van der Waals surface area contributed by atoms with E-state index in [1.165, 1.54) is 61.5 Å². The summed E-state index contributed by atoms with van der Waals surface area (Å²) in [6.45, 7) is 17.4. The second kappa shape index (κ2) is 13.3. The number of benzene rings is 4. The molecule has 2 nitrogen and oxygen atoms in total. The molecule has 1 heterocycles. The summed E-state index contributed by atoms with van der Waals surface area (Å²) in [6, 6.07) is 25.9. The third kappa shape index (κ3) is 6.44. The van der Waals surface area contributed by atoms with Crippen LogP contribution in [-0.4, -0.2) is 19.3 Å². The van der Waals surface area contributed by atoms with Gasteiger partial charge in [0.1, 0.15) is 5.82 Å². The van der Waals surface area contributed by atoms with E-state index in [4.69, 9.17) is 23.2 Å². The molecule has 222 valence electrons.